The zero-order chi connectivity index (χ0) is 15.3. The Hall–Kier alpha value is -1.10. The molecule has 5 atom stereocenters. The first kappa shape index (κ1) is 17.0. The van der Waals surface area contributed by atoms with E-state index in [4.69, 9.17) is 35.8 Å². The molecule has 2 saturated heterocycles. The highest BCUT2D eigenvalue weighted by atomic mass is 16.5. The fourth-order valence-electron chi connectivity index (χ4n) is 2.33. The molecule has 106 valence electrons. The van der Waals surface area contributed by atoms with Crippen molar-refractivity contribution in [3.05, 3.63) is 22.8 Å². The van der Waals surface area contributed by atoms with Crippen LogP contribution in [0.25, 0.3) is 10.4 Å². The van der Waals surface area contributed by atoms with Crippen molar-refractivity contribution in [3.63, 3.8) is 0 Å². The lowest BCUT2D eigenvalue weighted by Crippen LogP contribution is -2.30. The molecule has 0 amide bonds. The number of nitrogens with zero attached hydrogens (tertiary/aromatic N) is 3. The molecule has 0 spiro atoms. The SMILES string of the molecule is [B][C@H]1CC(O)C(=C)O1.[B][C@H]1C[C@H](C)[C@](CC)(N=[N+]=[N-])O1. The largest absolute Gasteiger partial charge is 0.503 e. The molecular formula is C12H19B2N3O3. The molecule has 2 aliphatic rings. The van der Waals surface area contributed by atoms with Gasteiger partial charge in [0.25, 0.3) is 0 Å². The monoisotopic (exact) mass is 275 g/mol. The summed E-state index contributed by atoms with van der Waals surface area (Å²) in [6, 6.07) is -0.636. The summed E-state index contributed by atoms with van der Waals surface area (Å²) in [4.78, 5) is 2.79. The van der Waals surface area contributed by atoms with Gasteiger partial charge in [-0.25, -0.2) is 0 Å². The molecule has 8 heteroatoms. The van der Waals surface area contributed by atoms with Crippen molar-refractivity contribution in [2.45, 2.75) is 56.9 Å². The van der Waals surface area contributed by atoms with Crippen LogP contribution in [-0.4, -0.2) is 44.6 Å². The lowest BCUT2D eigenvalue weighted by atomic mass is 9.89. The van der Waals surface area contributed by atoms with E-state index in [1.807, 2.05) is 13.8 Å². The van der Waals surface area contributed by atoms with Crippen LogP contribution in [0.2, 0.25) is 0 Å². The molecule has 0 aromatic rings. The van der Waals surface area contributed by atoms with E-state index in [1.54, 1.807) is 0 Å². The first-order valence-electron chi connectivity index (χ1n) is 6.63. The molecule has 1 N–H and O–H groups in total. The summed E-state index contributed by atoms with van der Waals surface area (Å²) < 4.78 is 10.2. The average molecular weight is 275 g/mol. The number of azide groups is 1. The molecule has 0 saturated carbocycles. The Balaban J connectivity index is 0.000000217. The van der Waals surface area contributed by atoms with Crippen LogP contribution < -0.4 is 0 Å². The van der Waals surface area contributed by atoms with E-state index in [2.05, 4.69) is 16.6 Å². The van der Waals surface area contributed by atoms with Gasteiger partial charge >= 0.3 is 0 Å². The minimum atomic E-state index is -0.700. The molecular weight excluding hydrogens is 256 g/mol. The first-order chi connectivity index (χ1) is 9.34. The lowest BCUT2D eigenvalue weighted by molar-refractivity contribution is -0.0284. The predicted octanol–water partition coefficient (Wildman–Crippen LogP) is 1.73. The first-order valence-corrected chi connectivity index (χ1v) is 6.63. The second-order valence-electron chi connectivity index (χ2n) is 5.05. The van der Waals surface area contributed by atoms with E-state index in [-0.39, 0.29) is 17.9 Å². The number of aliphatic hydroxyl groups excluding tert-OH is 1. The summed E-state index contributed by atoms with van der Waals surface area (Å²) in [6.45, 7) is 7.36. The molecule has 2 rings (SSSR count). The third-order valence-corrected chi connectivity index (χ3v) is 3.56. The predicted molar refractivity (Wildman–Crippen MR) is 77.0 cm³/mol. The molecule has 2 aliphatic heterocycles. The van der Waals surface area contributed by atoms with Gasteiger partial charge in [0.1, 0.15) is 33.3 Å². The van der Waals surface area contributed by atoms with Crippen LogP contribution in [0, 0.1) is 5.92 Å². The molecule has 0 bridgehead atoms. The van der Waals surface area contributed by atoms with E-state index in [9.17, 15) is 0 Å². The second kappa shape index (κ2) is 7.07. The van der Waals surface area contributed by atoms with Gasteiger partial charge in [0.2, 0.25) is 0 Å². The maximum absolute atomic E-state index is 8.86. The van der Waals surface area contributed by atoms with Crippen LogP contribution >= 0.6 is 0 Å². The molecule has 6 nitrogen and oxygen atoms in total. The summed E-state index contributed by atoms with van der Waals surface area (Å²) in [5.41, 5.74) is 7.66. The van der Waals surface area contributed by atoms with Gasteiger partial charge in [0, 0.05) is 17.3 Å². The third-order valence-electron chi connectivity index (χ3n) is 3.56. The van der Waals surface area contributed by atoms with Gasteiger partial charge in [-0.2, -0.15) is 0 Å². The molecule has 20 heavy (non-hydrogen) atoms. The lowest BCUT2D eigenvalue weighted by Gasteiger charge is -2.25. The van der Waals surface area contributed by atoms with E-state index >= 15 is 0 Å². The topological polar surface area (TPSA) is 87.5 Å². The number of hydrogen-bond donors (Lipinski definition) is 1. The number of ether oxygens (including phenoxy) is 2. The van der Waals surface area contributed by atoms with E-state index < -0.39 is 11.8 Å². The van der Waals surface area contributed by atoms with Crippen LogP contribution in [0.3, 0.4) is 0 Å². The maximum Gasteiger partial charge on any atom is 0.148 e. The fourth-order valence-corrected chi connectivity index (χ4v) is 2.33. The third kappa shape index (κ3) is 3.95. The van der Waals surface area contributed by atoms with Gasteiger partial charge in [-0.3, -0.25) is 0 Å². The van der Waals surface area contributed by atoms with E-state index in [0.29, 0.717) is 18.6 Å². The Morgan fingerprint density at radius 3 is 2.40 bits per heavy atom. The number of hydrogen-bond acceptors (Lipinski definition) is 4. The maximum atomic E-state index is 8.86. The Labute approximate surface area is 122 Å². The smallest absolute Gasteiger partial charge is 0.148 e. The van der Waals surface area contributed by atoms with Crippen molar-refractivity contribution in [3.8, 4) is 0 Å². The van der Waals surface area contributed by atoms with Gasteiger partial charge in [0.15, 0.2) is 0 Å². The van der Waals surface area contributed by atoms with Crippen LogP contribution in [0.4, 0.5) is 0 Å². The molecule has 2 heterocycles. The van der Waals surface area contributed by atoms with Crippen molar-refractivity contribution in [1.82, 2.24) is 0 Å². The quantitative estimate of drug-likeness (QED) is 0.360. The van der Waals surface area contributed by atoms with Crippen molar-refractivity contribution in [2.75, 3.05) is 0 Å². The molecule has 0 aliphatic carbocycles. The zero-order valence-electron chi connectivity index (χ0n) is 11.9. The summed E-state index contributed by atoms with van der Waals surface area (Å²) in [6.07, 6.45) is 1.35. The number of rotatable bonds is 2. The second-order valence-corrected chi connectivity index (χ2v) is 5.05. The van der Waals surface area contributed by atoms with Crippen molar-refractivity contribution < 1.29 is 14.6 Å². The molecule has 0 aromatic carbocycles. The van der Waals surface area contributed by atoms with Crippen LogP contribution in [-0.2, 0) is 9.47 Å². The normalized spacial score (nSPS) is 39.5. The minimum absolute atomic E-state index is 0.202. The van der Waals surface area contributed by atoms with Crippen LogP contribution in [0.5, 0.6) is 0 Å². The van der Waals surface area contributed by atoms with Crippen molar-refractivity contribution >= 4 is 15.7 Å². The van der Waals surface area contributed by atoms with E-state index in [0.717, 1.165) is 6.42 Å². The van der Waals surface area contributed by atoms with Crippen LogP contribution in [0.15, 0.2) is 17.5 Å². The van der Waals surface area contributed by atoms with E-state index in [1.165, 1.54) is 0 Å². The molecule has 1 unspecified atom stereocenters. The highest BCUT2D eigenvalue weighted by molar-refractivity contribution is 6.11. The fraction of sp³-hybridized carbons (Fsp3) is 0.833. The van der Waals surface area contributed by atoms with Gasteiger partial charge in [-0.05, 0) is 24.3 Å². The minimum Gasteiger partial charge on any atom is -0.503 e. The Bertz CT molecular complexity index is 403. The van der Waals surface area contributed by atoms with Crippen LogP contribution in [0.1, 0.15) is 33.1 Å². The highest BCUT2D eigenvalue weighted by Crippen LogP contribution is 2.38. The van der Waals surface area contributed by atoms with Gasteiger partial charge in [-0.15, -0.1) is 0 Å². The van der Waals surface area contributed by atoms with Crippen molar-refractivity contribution in [1.29, 1.82) is 0 Å². The average Bonchev–Trinajstić information content (AvgIpc) is 2.81. The highest BCUT2D eigenvalue weighted by Gasteiger charge is 2.42. The summed E-state index contributed by atoms with van der Waals surface area (Å²) in [5, 5.41) is 12.5. The van der Waals surface area contributed by atoms with Crippen molar-refractivity contribution in [2.24, 2.45) is 11.0 Å². The Morgan fingerprint density at radius 1 is 1.50 bits per heavy atom. The molecule has 2 fully saturated rings. The summed E-state index contributed by atoms with van der Waals surface area (Å²) in [7, 11) is 10.9. The molecule has 0 aromatic heterocycles. The Kier molecular flexibility index (Phi) is 5.99. The standard InChI is InChI=1S/C7H12BN3O.C5H7BO2/c1-3-7(10-11-9)5(2)4-6(8)12-7;1-3-4(7)2-5(6)8-3/h5-6H,3-4H2,1-2H3;4-5,7H,1-2H2/t5-,6+,7+;4?,5-/m01/s1. The van der Waals surface area contributed by atoms with Gasteiger partial charge in [0.05, 0.1) is 6.00 Å². The molecule has 4 radical (unpaired) electrons. The summed E-state index contributed by atoms with van der Waals surface area (Å²) in [5.74, 6) is 0.589. The Morgan fingerprint density at radius 2 is 2.15 bits per heavy atom. The van der Waals surface area contributed by atoms with Gasteiger partial charge < -0.3 is 14.6 Å². The zero-order valence-corrected chi connectivity index (χ0v) is 11.9. The summed E-state index contributed by atoms with van der Waals surface area (Å²) >= 11 is 0. The number of aliphatic hydroxyl groups is 1. The van der Waals surface area contributed by atoms with Gasteiger partial charge in [-0.1, -0.05) is 25.5 Å².